The fraction of sp³-hybridized carbons (Fsp3) is 0.831. The number of nitrogens with one attached hydrogen (secondary N) is 1. The minimum Gasteiger partial charge on any atom is -0.466 e. The van der Waals surface area contributed by atoms with E-state index in [0.29, 0.717) is 88.0 Å². The summed E-state index contributed by atoms with van der Waals surface area (Å²) in [6, 6.07) is 5.49. The van der Waals surface area contributed by atoms with Crippen molar-refractivity contribution in [1.29, 1.82) is 0 Å². The number of rotatable bonds is 54. The maximum atomic E-state index is 13.3. The minimum absolute atomic E-state index is 0.0163. The van der Waals surface area contributed by atoms with E-state index in [1.807, 2.05) is 18.2 Å². The molecule has 14 heteroatoms. The van der Waals surface area contributed by atoms with Crippen LogP contribution in [-0.4, -0.2) is 93.3 Å². The molecule has 1 aliphatic rings. The van der Waals surface area contributed by atoms with Crippen molar-refractivity contribution in [3.05, 3.63) is 34.9 Å². The quantitative estimate of drug-likeness (QED) is 0.0284. The van der Waals surface area contributed by atoms with Gasteiger partial charge in [-0.1, -0.05) is 175 Å². The van der Waals surface area contributed by atoms with Gasteiger partial charge in [0, 0.05) is 52.0 Å². The van der Waals surface area contributed by atoms with Gasteiger partial charge in [0.25, 0.3) is 0 Å². The highest BCUT2D eigenvalue weighted by Gasteiger charge is 2.19. The molecule has 0 spiro atoms. The third kappa shape index (κ3) is 42.7. The molecule has 1 atom stereocenters. The van der Waals surface area contributed by atoms with Gasteiger partial charge < -0.3 is 43.4 Å². The predicted octanol–water partition coefficient (Wildman–Crippen LogP) is 16.0. The number of ether oxygens (including phenoxy) is 7. The summed E-state index contributed by atoms with van der Waals surface area (Å²) in [6.07, 6.45) is 35.4. The Balaban J connectivity index is 1.97. The molecule has 0 aromatic heterocycles. The maximum Gasteiger partial charge on any atom is 0.407 e. The molecule has 1 amide bonds. The smallest absolute Gasteiger partial charge is 0.407 e. The van der Waals surface area contributed by atoms with Crippen LogP contribution in [0.4, 0.5) is 4.79 Å². The van der Waals surface area contributed by atoms with Crippen LogP contribution in [-0.2, 0) is 72.2 Å². The minimum atomic E-state index is -0.483. The van der Waals surface area contributed by atoms with Crippen molar-refractivity contribution in [2.75, 3.05) is 46.0 Å². The fourth-order valence-electron chi connectivity index (χ4n) is 9.86. The van der Waals surface area contributed by atoms with E-state index in [2.05, 4.69) is 37.9 Å². The number of alkyl carbamates (subject to hydrolysis) is 1. The molecule has 79 heavy (non-hydrogen) atoms. The second kappa shape index (κ2) is 51.2. The standard InChI is InChI=1S/C65H114N2O12/c1-5-9-13-17-20-21-22-23-26-33-47-73-60(68)37-29-27-30-38-61(69)76-53-56-50-57(54-77-62(70)40-39-59(36-28-16-12-8-4)79-65(72)66-43-46-67-44-31-32-45-67)52-58(51-56)55-78-63(71)41-42-64(74-48-34-24-18-14-10-6-2)75-49-35-25-19-15-11-7-3/h50-52,59,64H,5-49,53-55H2,1-4H3,(H,66,72). The highest BCUT2D eigenvalue weighted by Crippen LogP contribution is 2.20. The van der Waals surface area contributed by atoms with Crippen LogP contribution >= 0.6 is 0 Å². The van der Waals surface area contributed by atoms with Gasteiger partial charge in [-0.05, 0) is 112 Å². The molecule has 1 aromatic rings. The molecule has 0 aliphatic carbocycles. The first kappa shape index (κ1) is 71.4. The number of amides is 1. The second-order valence-electron chi connectivity index (χ2n) is 22.2. The normalized spacial score (nSPS) is 12.9. The van der Waals surface area contributed by atoms with Crippen LogP contribution in [0, 0.1) is 0 Å². The number of benzene rings is 1. The number of carbonyl (C=O) groups is 5. The lowest BCUT2D eigenvalue weighted by Crippen LogP contribution is -2.35. The number of hydrogen-bond acceptors (Lipinski definition) is 13. The number of likely N-dealkylation sites (tertiary alicyclic amines) is 1. The zero-order chi connectivity index (χ0) is 57.1. The Hall–Kier alpha value is -3.75. The zero-order valence-electron chi connectivity index (χ0n) is 50.7. The van der Waals surface area contributed by atoms with Crippen LogP contribution in [0.15, 0.2) is 18.2 Å². The van der Waals surface area contributed by atoms with E-state index in [1.54, 1.807) is 0 Å². The topological polar surface area (TPSA) is 165 Å². The van der Waals surface area contributed by atoms with E-state index < -0.39 is 24.5 Å². The third-order valence-corrected chi connectivity index (χ3v) is 14.7. The Labute approximate surface area is 480 Å². The van der Waals surface area contributed by atoms with Crippen LogP contribution in [0.3, 0.4) is 0 Å². The monoisotopic (exact) mass is 1110 g/mol. The van der Waals surface area contributed by atoms with Crippen LogP contribution < -0.4 is 5.32 Å². The molecular weight excluding hydrogens is 1000 g/mol. The maximum absolute atomic E-state index is 13.3. The van der Waals surface area contributed by atoms with E-state index in [9.17, 15) is 24.0 Å². The van der Waals surface area contributed by atoms with Crippen LogP contribution in [0.25, 0.3) is 0 Å². The van der Waals surface area contributed by atoms with Crippen molar-refractivity contribution in [2.45, 2.75) is 304 Å². The van der Waals surface area contributed by atoms with Gasteiger partial charge in [0.1, 0.15) is 25.9 Å². The lowest BCUT2D eigenvalue weighted by atomic mass is 10.1. The largest absolute Gasteiger partial charge is 0.466 e. The van der Waals surface area contributed by atoms with Crippen LogP contribution in [0.1, 0.15) is 288 Å². The lowest BCUT2D eigenvalue weighted by molar-refractivity contribution is -0.160. The molecule has 0 bridgehead atoms. The van der Waals surface area contributed by atoms with Gasteiger partial charge in [-0.3, -0.25) is 19.2 Å². The van der Waals surface area contributed by atoms with Crippen molar-refractivity contribution >= 4 is 30.0 Å². The molecule has 1 N–H and O–H groups in total. The van der Waals surface area contributed by atoms with Crippen molar-refractivity contribution in [2.24, 2.45) is 0 Å². The molecule has 2 rings (SSSR count). The molecule has 1 heterocycles. The molecule has 456 valence electrons. The molecule has 1 saturated heterocycles. The number of carbonyl (C=O) groups excluding carboxylic acids is 5. The van der Waals surface area contributed by atoms with E-state index in [1.165, 1.54) is 116 Å². The molecule has 0 radical (unpaired) electrons. The first-order chi connectivity index (χ1) is 38.6. The SMILES string of the molecule is CCCCCCCCCCCCOC(=O)CCCCCC(=O)OCc1cc(COC(=O)CCC(CCCCCC)OC(=O)NCCN2CCCC2)cc(COC(=O)CCC(OCCCCCCCC)OCCCCCCCC)c1. The summed E-state index contributed by atoms with van der Waals surface area (Å²) in [5.41, 5.74) is 1.99. The van der Waals surface area contributed by atoms with Gasteiger partial charge in [-0.2, -0.15) is 0 Å². The summed E-state index contributed by atoms with van der Waals surface area (Å²) >= 11 is 0. The highest BCUT2D eigenvalue weighted by molar-refractivity contribution is 5.71. The average Bonchev–Trinajstić information content (AvgIpc) is 3.98. The number of hydrogen-bond donors (Lipinski definition) is 1. The predicted molar refractivity (Wildman–Crippen MR) is 315 cm³/mol. The van der Waals surface area contributed by atoms with Gasteiger partial charge in [0.05, 0.1) is 13.0 Å². The van der Waals surface area contributed by atoms with Gasteiger partial charge in [0.2, 0.25) is 0 Å². The van der Waals surface area contributed by atoms with Gasteiger partial charge in [-0.15, -0.1) is 0 Å². The van der Waals surface area contributed by atoms with Gasteiger partial charge >= 0.3 is 30.0 Å². The van der Waals surface area contributed by atoms with Crippen molar-refractivity contribution < 1.29 is 57.1 Å². The first-order valence-corrected chi connectivity index (χ1v) is 32.3. The van der Waals surface area contributed by atoms with Gasteiger partial charge in [0.15, 0.2) is 6.29 Å². The molecule has 14 nitrogen and oxygen atoms in total. The molecule has 0 saturated carbocycles. The highest BCUT2D eigenvalue weighted by atomic mass is 16.7. The first-order valence-electron chi connectivity index (χ1n) is 32.3. The molecule has 1 aliphatic heterocycles. The Morgan fingerprint density at radius 2 is 0.810 bits per heavy atom. The van der Waals surface area contributed by atoms with Crippen molar-refractivity contribution in [3.63, 3.8) is 0 Å². The summed E-state index contributed by atoms with van der Waals surface area (Å²) in [5.74, 6) is -1.34. The molecule has 1 unspecified atom stereocenters. The molecule has 1 fully saturated rings. The fourth-order valence-corrected chi connectivity index (χ4v) is 9.86. The third-order valence-electron chi connectivity index (χ3n) is 14.7. The Morgan fingerprint density at radius 1 is 0.430 bits per heavy atom. The van der Waals surface area contributed by atoms with E-state index in [0.717, 1.165) is 83.8 Å². The Kier molecular flexibility index (Phi) is 46.2. The van der Waals surface area contributed by atoms with E-state index in [4.69, 9.17) is 33.2 Å². The Morgan fingerprint density at radius 3 is 1.28 bits per heavy atom. The zero-order valence-corrected chi connectivity index (χ0v) is 50.7. The summed E-state index contributed by atoms with van der Waals surface area (Å²) < 4.78 is 40.9. The molecule has 1 aromatic carbocycles. The summed E-state index contributed by atoms with van der Waals surface area (Å²) in [7, 11) is 0. The number of nitrogens with zero attached hydrogens (tertiary/aromatic N) is 1. The van der Waals surface area contributed by atoms with Crippen LogP contribution in [0.5, 0.6) is 0 Å². The summed E-state index contributed by atoms with van der Waals surface area (Å²) in [6.45, 7) is 13.8. The van der Waals surface area contributed by atoms with E-state index >= 15 is 0 Å². The average molecular weight is 1120 g/mol. The summed E-state index contributed by atoms with van der Waals surface area (Å²) in [5, 5.41) is 2.89. The van der Waals surface area contributed by atoms with Crippen molar-refractivity contribution in [3.8, 4) is 0 Å². The van der Waals surface area contributed by atoms with Crippen LogP contribution in [0.2, 0.25) is 0 Å². The second-order valence-corrected chi connectivity index (χ2v) is 22.2. The number of unbranched alkanes of at least 4 members (excludes halogenated alkanes) is 24. The van der Waals surface area contributed by atoms with Gasteiger partial charge in [-0.25, -0.2) is 4.79 Å². The molecular formula is C65H114N2O12. The summed E-state index contributed by atoms with van der Waals surface area (Å²) in [4.78, 5) is 66.8. The number of esters is 4. The van der Waals surface area contributed by atoms with E-state index in [-0.39, 0.29) is 57.0 Å². The Bertz CT molecular complexity index is 1650. The lowest BCUT2D eigenvalue weighted by Gasteiger charge is -2.19. The van der Waals surface area contributed by atoms with Crippen molar-refractivity contribution in [1.82, 2.24) is 10.2 Å².